The van der Waals surface area contributed by atoms with Crippen molar-refractivity contribution >= 4 is 22.9 Å². The Morgan fingerprint density at radius 2 is 2.18 bits per heavy atom. The molecule has 0 aliphatic rings. The molecule has 0 spiro atoms. The van der Waals surface area contributed by atoms with E-state index in [1.165, 1.54) is 23.4 Å². The van der Waals surface area contributed by atoms with Crippen LogP contribution < -0.4 is 11.2 Å². The number of rotatable bonds is 6. The summed E-state index contributed by atoms with van der Waals surface area (Å²) in [7, 11) is 1.53. The van der Waals surface area contributed by atoms with E-state index in [4.69, 9.17) is 5.11 Å². The molecule has 0 aromatic carbocycles. The van der Waals surface area contributed by atoms with Gasteiger partial charge < -0.3 is 14.8 Å². The van der Waals surface area contributed by atoms with Crippen molar-refractivity contribution in [2.75, 3.05) is 12.4 Å². The van der Waals surface area contributed by atoms with Crippen molar-refractivity contribution in [2.24, 2.45) is 7.05 Å². The maximum atomic E-state index is 12.1. The molecule has 2 heterocycles. The second-order valence-corrected chi connectivity index (χ2v) is 5.70. The first-order valence-electron chi connectivity index (χ1n) is 6.72. The van der Waals surface area contributed by atoms with Gasteiger partial charge in [-0.25, -0.2) is 9.78 Å². The van der Waals surface area contributed by atoms with Gasteiger partial charge >= 0.3 is 5.69 Å². The lowest BCUT2D eigenvalue weighted by molar-refractivity contribution is 0.113. The van der Waals surface area contributed by atoms with Gasteiger partial charge in [-0.05, 0) is 6.92 Å². The molecule has 8 nitrogen and oxygen atoms in total. The van der Waals surface area contributed by atoms with Crippen LogP contribution >= 0.6 is 11.8 Å². The summed E-state index contributed by atoms with van der Waals surface area (Å²) in [5.41, 5.74) is -0.426. The number of hydrogen-bond donors (Lipinski definition) is 3. The molecule has 0 aliphatic carbocycles. The fourth-order valence-electron chi connectivity index (χ4n) is 1.93. The lowest BCUT2D eigenvalue weighted by Crippen LogP contribution is -2.29. The maximum absolute atomic E-state index is 12.1. The molecule has 0 saturated carbocycles. The summed E-state index contributed by atoms with van der Waals surface area (Å²) in [6.45, 7) is 1.94. The number of aliphatic hydroxyl groups excluding tert-OH is 2. The molecule has 22 heavy (non-hydrogen) atoms. The minimum Gasteiger partial charge on any atom is -0.394 e. The molecule has 0 amide bonds. The molecule has 2 rings (SSSR count). The van der Waals surface area contributed by atoms with Crippen LogP contribution in [0.4, 0.5) is 0 Å². The number of thioether (sulfide) groups is 1. The summed E-state index contributed by atoms with van der Waals surface area (Å²) in [5.74, 6) is 0.238. The van der Waals surface area contributed by atoms with E-state index in [-0.39, 0.29) is 12.4 Å². The fraction of sp³-hybridized carbons (Fsp3) is 0.462. The number of fused-ring (bicyclic) bond motifs is 1. The Bertz CT molecular complexity index is 805. The third-order valence-corrected chi connectivity index (χ3v) is 4.23. The van der Waals surface area contributed by atoms with E-state index in [0.29, 0.717) is 22.9 Å². The molecule has 9 heteroatoms. The van der Waals surface area contributed by atoms with Crippen molar-refractivity contribution in [3.8, 4) is 0 Å². The van der Waals surface area contributed by atoms with Gasteiger partial charge in [0, 0.05) is 19.3 Å². The Morgan fingerprint density at radius 3 is 2.82 bits per heavy atom. The van der Waals surface area contributed by atoms with E-state index in [1.54, 1.807) is 4.57 Å². The molecule has 2 aromatic rings. The summed E-state index contributed by atoms with van der Waals surface area (Å²) >= 11 is 1.22. The summed E-state index contributed by atoms with van der Waals surface area (Å²) in [6.07, 6.45) is 2.83. The van der Waals surface area contributed by atoms with Gasteiger partial charge in [0.15, 0.2) is 16.3 Å². The van der Waals surface area contributed by atoms with E-state index < -0.39 is 17.4 Å². The SMILES string of the molecule is C/C=C/Cn1c(SC[C@@H](O)CO)nc2c1c(=O)[nH]c(=O)n2C. The van der Waals surface area contributed by atoms with E-state index >= 15 is 0 Å². The number of aliphatic hydroxyl groups is 2. The van der Waals surface area contributed by atoms with Gasteiger partial charge in [-0.3, -0.25) is 14.3 Å². The van der Waals surface area contributed by atoms with Gasteiger partial charge in [-0.15, -0.1) is 0 Å². The highest BCUT2D eigenvalue weighted by molar-refractivity contribution is 7.99. The molecule has 120 valence electrons. The second-order valence-electron chi connectivity index (χ2n) is 4.71. The normalized spacial score (nSPS) is 13.3. The van der Waals surface area contributed by atoms with Crippen LogP contribution in [0.5, 0.6) is 0 Å². The second kappa shape index (κ2) is 6.95. The fourth-order valence-corrected chi connectivity index (χ4v) is 2.85. The van der Waals surface area contributed by atoms with E-state index in [2.05, 4.69) is 9.97 Å². The van der Waals surface area contributed by atoms with Gasteiger partial charge in [0.1, 0.15) is 0 Å². The van der Waals surface area contributed by atoms with Gasteiger partial charge in [-0.1, -0.05) is 23.9 Å². The highest BCUT2D eigenvalue weighted by atomic mass is 32.2. The minimum absolute atomic E-state index is 0.238. The Balaban J connectivity index is 2.59. The number of aryl methyl sites for hydroxylation is 1. The average Bonchev–Trinajstić information content (AvgIpc) is 2.87. The van der Waals surface area contributed by atoms with Crippen LogP contribution in [-0.4, -0.2) is 47.8 Å². The molecular formula is C13H18N4O4S. The lowest BCUT2D eigenvalue weighted by atomic mass is 10.4. The minimum atomic E-state index is -0.873. The van der Waals surface area contributed by atoms with Gasteiger partial charge in [0.25, 0.3) is 5.56 Å². The van der Waals surface area contributed by atoms with E-state index in [1.807, 2.05) is 19.1 Å². The maximum Gasteiger partial charge on any atom is 0.329 e. The molecular weight excluding hydrogens is 308 g/mol. The zero-order valence-electron chi connectivity index (χ0n) is 12.3. The zero-order valence-corrected chi connectivity index (χ0v) is 13.1. The van der Waals surface area contributed by atoms with Crippen molar-refractivity contribution in [3.63, 3.8) is 0 Å². The molecule has 2 aromatic heterocycles. The monoisotopic (exact) mass is 326 g/mol. The van der Waals surface area contributed by atoms with Crippen molar-refractivity contribution in [1.29, 1.82) is 0 Å². The number of allylic oxidation sites excluding steroid dienone is 2. The first kappa shape index (κ1) is 16.5. The summed E-state index contributed by atoms with van der Waals surface area (Å²) in [6, 6.07) is 0. The molecule has 0 fully saturated rings. The molecule has 0 saturated heterocycles. The quantitative estimate of drug-likeness (QED) is 0.485. The van der Waals surface area contributed by atoms with Crippen molar-refractivity contribution in [1.82, 2.24) is 19.1 Å². The first-order valence-corrected chi connectivity index (χ1v) is 7.70. The van der Waals surface area contributed by atoms with E-state index in [9.17, 15) is 14.7 Å². The number of aromatic amines is 1. The summed E-state index contributed by atoms with van der Waals surface area (Å²) in [4.78, 5) is 30.3. The van der Waals surface area contributed by atoms with Crippen LogP contribution in [0.15, 0.2) is 26.9 Å². The van der Waals surface area contributed by atoms with Crippen LogP contribution in [0.2, 0.25) is 0 Å². The standard InChI is InChI=1S/C13H18N4O4S/c1-3-4-5-17-9-10(16(2)12(21)15-11(9)20)14-13(17)22-7-8(19)6-18/h3-4,8,18-19H,5-7H2,1-2H3,(H,15,20,21)/b4-3+/t8-/m0/s1. The zero-order chi connectivity index (χ0) is 16.3. The van der Waals surface area contributed by atoms with Gasteiger partial charge in [-0.2, -0.15) is 0 Å². The molecule has 0 aliphatic heterocycles. The first-order chi connectivity index (χ1) is 10.5. The largest absolute Gasteiger partial charge is 0.394 e. The highest BCUT2D eigenvalue weighted by Gasteiger charge is 2.17. The number of nitrogens with one attached hydrogen (secondary N) is 1. The number of H-pyrrole nitrogens is 1. The Hall–Kier alpha value is -1.84. The average molecular weight is 326 g/mol. The van der Waals surface area contributed by atoms with Crippen LogP contribution in [0.1, 0.15) is 6.92 Å². The molecule has 1 atom stereocenters. The van der Waals surface area contributed by atoms with Crippen molar-refractivity contribution in [2.45, 2.75) is 24.7 Å². The third-order valence-electron chi connectivity index (χ3n) is 3.11. The van der Waals surface area contributed by atoms with Crippen LogP contribution in [0.3, 0.4) is 0 Å². The van der Waals surface area contributed by atoms with Gasteiger partial charge in [0.2, 0.25) is 0 Å². The predicted octanol–water partition coefficient (Wildman–Crippen LogP) is -0.555. The number of imidazole rings is 1. The van der Waals surface area contributed by atoms with Crippen molar-refractivity contribution in [3.05, 3.63) is 33.0 Å². The molecule has 0 radical (unpaired) electrons. The number of nitrogens with zero attached hydrogens (tertiary/aromatic N) is 3. The highest BCUT2D eigenvalue weighted by Crippen LogP contribution is 2.22. The smallest absolute Gasteiger partial charge is 0.329 e. The van der Waals surface area contributed by atoms with Crippen LogP contribution in [-0.2, 0) is 13.6 Å². The van der Waals surface area contributed by atoms with Gasteiger partial charge in [0.05, 0.1) is 12.7 Å². The molecule has 0 bridgehead atoms. The Labute approximate surface area is 130 Å². The topological polar surface area (TPSA) is 113 Å². The lowest BCUT2D eigenvalue weighted by Gasteiger charge is -2.08. The molecule has 3 N–H and O–H groups in total. The van der Waals surface area contributed by atoms with E-state index in [0.717, 1.165) is 0 Å². The number of hydrogen-bond acceptors (Lipinski definition) is 6. The molecule has 0 unspecified atom stereocenters. The Kier molecular flexibility index (Phi) is 5.22. The van der Waals surface area contributed by atoms with Crippen LogP contribution in [0.25, 0.3) is 11.2 Å². The summed E-state index contributed by atoms with van der Waals surface area (Å²) in [5, 5.41) is 18.9. The summed E-state index contributed by atoms with van der Waals surface area (Å²) < 4.78 is 2.96. The van der Waals surface area contributed by atoms with Crippen LogP contribution in [0, 0.1) is 0 Å². The van der Waals surface area contributed by atoms with Crippen molar-refractivity contribution < 1.29 is 10.2 Å². The third kappa shape index (κ3) is 3.16. The number of aromatic nitrogens is 4. The predicted molar refractivity (Wildman–Crippen MR) is 84.2 cm³/mol. The Morgan fingerprint density at radius 1 is 1.45 bits per heavy atom.